The molecule has 0 saturated carbocycles. The smallest absolute Gasteiger partial charge is 0.339 e. The van der Waals surface area contributed by atoms with E-state index in [1.165, 1.54) is 32.4 Å². The van der Waals surface area contributed by atoms with Crippen molar-refractivity contribution in [3.8, 4) is 5.75 Å². The molecule has 1 aromatic heterocycles. The third kappa shape index (κ3) is 13.9. The Balaban J connectivity index is 0.000000623. The number of hydrogen-bond acceptors (Lipinski definition) is 11. The monoisotopic (exact) mass is 770 g/mol. The van der Waals surface area contributed by atoms with Crippen LogP contribution in [0.3, 0.4) is 0 Å². The van der Waals surface area contributed by atoms with Crippen LogP contribution in [0.25, 0.3) is 10.9 Å². The molecule has 12 nitrogen and oxygen atoms in total. The van der Waals surface area contributed by atoms with E-state index < -0.39 is 16.2 Å². The summed E-state index contributed by atoms with van der Waals surface area (Å²) in [5.41, 5.74) is 0.822. The number of nitrogens with zero attached hydrogens (tertiary/aromatic N) is 2. The number of carbonyl (C=O) groups excluding carboxylic acids is 4. The molecule has 0 bridgehead atoms. The molecule has 2 aromatic carbocycles. The number of benzene rings is 2. The first-order valence-corrected chi connectivity index (χ1v) is 17.7. The van der Waals surface area contributed by atoms with Crippen LogP contribution < -0.4 is 4.18 Å². The maximum atomic E-state index is 12.6. The molecule has 1 atom stereocenters. The second kappa shape index (κ2) is 20.7. The molecular weight excluding hydrogens is 732 g/mol. The van der Waals surface area contributed by atoms with Crippen LogP contribution >= 0.6 is 27.5 Å². The van der Waals surface area contributed by atoms with E-state index in [0.29, 0.717) is 67.2 Å². The number of methoxy groups -OCH3 is 2. The molecule has 0 aliphatic heterocycles. The number of aliphatic hydroxyl groups is 1. The predicted octanol–water partition coefficient (Wildman–Crippen LogP) is 5.87. The number of amides is 1. The van der Waals surface area contributed by atoms with E-state index in [0.717, 1.165) is 5.39 Å². The van der Waals surface area contributed by atoms with Gasteiger partial charge in [0.05, 0.1) is 36.0 Å². The summed E-state index contributed by atoms with van der Waals surface area (Å²) in [4.78, 5) is 50.3. The zero-order valence-corrected chi connectivity index (χ0v) is 30.2. The summed E-state index contributed by atoms with van der Waals surface area (Å²) in [7, 11) is 0.299. The molecule has 0 fully saturated rings. The second-order valence-electron chi connectivity index (χ2n) is 10.6. The first-order valence-electron chi connectivity index (χ1n) is 15.1. The van der Waals surface area contributed by atoms with Gasteiger partial charge < -0.3 is 23.7 Å². The Bertz CT molecular complexity index is 1640. The summed E-state index contributed by atoms with van der Waals surface area (Å²) in [6.07, 6.45) is 3.05. The van der Waals surface area contributed by atoms with Crippen LogP contribution in [0, 0.1) is 0 Å². The molecule has 0 radical (unpaired) electrons. The first-order chi connectivity index (χ1) is 22.8. The number of aromatic nitrogens is 1. The number of hydrogen-bond donors (Lipinski definition) is 1. The van der Waals surface area contributed by atoms with E-state index in [1.807, 2.05) is 0 Å². The van der Waals surface area contributed by atoms with Gasteiger partial charge in [-0.15, -0.1) is 0 Å². The lowest BCUT2D eigenvalue weighted by molar-refractivity contribution is -0.141. The Labute approximate surface area is 294 Å². The summed E-state index contributed by atoms with van der Waals surface area (Å²) in [6.45, 7) is 0.316. The highest BCUT2D eigenvalue weighted by molar-refractivity contribution is 9.10. The van der Waals surface area contributed by atoms with E-state index in [4.69, 9.17) is 15.8 Å². The van der Waals surface area contributed by atoms with Gasteiger partial charge in [-0.05, 0) is 90.0 Å². The lowest BCUT2D eigenvalue weighted by atomic mass is 10.1. The van der Waals surface area contributed by atoms with Gasteiger partial charge in [-0.1, -0.05) is 24.3 Å². The summed E-state index contributed by atoms with van der Waals surface area (Å²) in [5, 5.41) is 11.1. The maximum Gasteiger partial charge on any atom is 0.339 e. The van der Waals surface area contributed by atoms with E-state index in [9.17, 15) is 32.7 Å². The first kappa shape index (κ1) is 40.6. The molecule has 15 heteroatoms. The van der Waals surface area contributed by atoms with E-state index in [2.05, 4.69) is 30.4 Å². The Morgan fingerprint density at radius 1 is 0.875 bits per heavy atom. The molecule has 3 rings (SSSR count). The third-order valence-corrected chi connectivity index (χ3v) is 9.21. The predicted molar refractivity (Wildman–Crippen MR) is 183 cm³/mol. The average molecular weight is 772 g/mol. The number of unbranched alkanes of at least 4 members (excludes halogenated alkanes) is 2. The molecule has 3 aromatic rings. The van der Waals surface area contributed by atoms with Crippen molar-refractivity contribution >= 4 is 71.6 Å². The van der Waals surface area contributed by atoms with Gasteiger partial charge in [-0.25, -0.2) is 4.98 Å². The van der Waals surface area contributed by atoms with Gasteiger partial charge in [0.1, 0.15) is 4.90 Å². The zero-order valence-electron chi connectivity index (χ0n) is 27.0. The molecule has 1 unspecified atom stereocenters. The molecule has 1 heterocycles. The topological polar surface area (TPSA) is 166 Å². The van der Waals surface area contributed by atoms with Crippen LogP contribution in [0.1, 0.15) is 69.6 Å². The minimum Gasteiger partial charge on any atom is -0.469 e. The van der Waals surface area contributed by atoms with Crippen molar-refractivity contribution < 1.29 is 46.4 Å². The average Bonchev–Trinajstić information content (AvgIpc) is 3.08. The molecule has 0 spiro atoms. The van der Waals surface area contributed by atoms with Crippen LogP contribution in [0.5, 0.6) is 5.75 Å². The van der Waals surface area contributed by atoms with Crippen LogP contribution in [0.15, 0.2) is 64.0 Å². The van der Waals surface area contributed by atoms with Crippen molar-refractivity contribution in [3.05, 3.63) is 64.8 Å². The molecule has 48 heavy (non-hydrogen) atoms. The Kier molecular flexibility index (Phi) is 17.5. The highest BCUT2D eigenvalue weighted by atomic mass is 79.9. The van der Waals surface area contributed by atoms with E-state index in [1.54, 1.807) is 48.3 Å². The third-order valence-electron chi connectivity index (χ3n) is 7.00. The lowest BCUT2D eigenvalue weighted by Gasteiger charge is -2.19. The maximum absolute atomic E-state index is 12.6. The fraction of sp³-hybridized carbons (Fsp3) is 0.424. The van der Waals surface area contributed by atoms with Crippen LogP contribution in [0.2, 0.25) is 0 Å². The summed E-state index contributed by atoms with van der Waals surface area (Å²) >= 11 is 8.47. The fourth-order valence-corrected chi connectivity index (χ4v) is 5.95. The minimum atomic E-state index is -4.04. The molecule has 0 aliphatic carbocycles. The number of fused-ring (bicyclic) bond motifs is 1. The summed E-state index contributed by atoms with van der Waals surface area (Å²) in [6, 6.07) is 14.5. The van der Waals surface area contributed by atoms with E-state index in [-0.39, 0.29) is 46.6 Å². The number of pyridine rings is 1. The van der Waals surface area contributed by atoms with Crippen LogP contribution in [-0.4, -0.2) is 74.3 Å². The van der Waals surface area contributed by atoms with Crippen LogP contribution in [0.4, 0.5) is 0 Å². The van der Waals surface area contributed by atoms with Gasteiger partial charge >= 0.3 is 22.1 Å². The normalized spacial score (nSPS) is 11.5. The van der Waals surface area contributed by atoms with Crippen molar-refractivity contribution in [2.24, 2.45) is 0 Å². The van der Waals surface area contributed by atoms with Gasteiger partial charge in [0.15, 0.2) is 5.75 Å². The molecular formula is C33H40BrClN2O10S. The molecule has 0 saturated heterocycles. The van der Waals surface area contributed by atoms with Gasteiger partial charge in [0.2, 0.25) is 11.1 Å². The van der Waals surface area contributed by atoms with Crippen LogP contribution in [-0.2, 0) is 38.8 Å². The SMILES string of the molecule is COC(=O)CCCCC(=O)Cl.COC(=O)CCCCC(=O)N(C)CCC(O)c1ccc2ccc(OS(=O)(=O)c3ccccc3)c(Br)c2n1. The summed E-state index contributed by atoms with van der Waals surface area (Å²) in [5.74, 6) is -0.539. The largest absolute Gasteiger partial charge is 0.469 e. The second-order valence-corrected chi connectivity index (χ2v) is 13.3. The van der Waals surface area contributed by atoms with Crippen molar-refractivity contribution in [2.45, 2.75) is 68.8 Å². The Morgan fingerprint density at radius 3 is 2.02 bits per heavy atom. The number of rotatable bonds is 17. The van der Waals surface area contributed by atoms with Crippen molar-refractivity contribution in [2.75, 3.05) is 27.8 Å². The standard InChI is InChI=1S/C26H29BrN2O7S.C7H11ClO3/c1-29(23(31)10-6-7-11-24(32)35-2)17-16-21(30)20-14-12-18-13-15-22(25(27)26(18)28-20)36-37(33,34)19-8-4-3-5-9-19;1-11-7(10)5-3-2-4-6(8)9/h3-5,8-9,12-15,21,30H,6-7,10-11,16-17H2,1-2H3;2-5H2,1H3. The van der Waals surface area contributed by atoms with E-state index >= 15 is 0 Å². The molecule has 1 amide bonds. The molecule has 0 aliphatic rings. The number of halogens is 2. The van der Waals surface area contributed by atoms with Gasteiger partial charge in [-0.2, -0.15) is 8.42 Å². The van der Waals surface area contributed by atoms with Crippen molar-refractivity contribution in [3.63, 3.8) is 0 Å². The Morgan fingerprint density at radius 2 is 1.44 bits per heavy atom. The van der Waals surface area contributed by atoms with Crippen molar-refractivity contribution in [1.82, 2.24) is 9.88 Å². The highest BCUT2D eigenvalue weighted by Crippen LogP contribution is 2.34. The van der Waals surface area contributed by atoms with Crippen molar-refractivity contribution in [1.29, 1.82) is 0 Å². The number of esters is 2. The molecule has 262 valence electrons. The number of carbonyl (C=O) groups is 4. The minimum absolute atomic E-state index is 0.0289. The fourth-order valence-electron chi connectivity index (χ4n) is 4.22. The van der Waals surface area contributed by atoms with Gasteiger partial charge in [0, 0.05) is 44.7 Å². The highest BCUT2D eigenvalue weighted by Gasteiger charge is 2.20. The quantitative estimate of drug-likeness (QED) is 0.0756. The number of aliphatic hydroxyl groups excluding tert-OH is 1. The van der Waals surface area contributed by atoms with Gasteiger partial charge in [-0.3, -0.25) is 19.2 Å². The number of ether oxygens (including phenoxy) is 2. The lowest BCUT2D eigenvalue weighted by Crippen LogP contribution is -2.28. The zero-order chi connectivity index (χ0) is 35.7. The molecule has 1 N–H and O–H groups in total. The summed E-state index contributed by atoms with van der Waals surface area (Å²) < 4.78 is 40.0. The Hall–Kier alpha value is -3.59. The van der Waals surface area contributed by atoms with Gasteiger partial charge in [0.25, 0.3) is 0 Å².